The second kappa shape index (κ2) is 3.15. The molecule has 1 aromatic carbocycles. The second-order valence-electron chi connectivity index (χ2n) is 3.37. The van der Waals surface area contributed by atoms with Crippen LogP contribution in [0.2, 0.25) is 0 Å². The first-order chi connectivity index (χ1) is 5.52. The zero-order valence-electron chi connectivity index (χ0n) is 7.89. The van der Waals surface area contributed by atoms with Crippen molar-refractivity contribution in [1.29, 1.82) is 0 Å². The van der Waals surface area contributed by atoms with Gasteiger partial charge in [0.05, 0.1) is 0 Å². The highest BCUT2D eigenvalue weighted by atomic mass is 14.7. The Balaban J connectivity index is 3.28. The van der Waals surface area contributed by atoms with E-state index >= 15 is 0 Å². The van der Waals surface area contributed by atoms with Gasteiger partial charge < -0.3 is 11.5 Å². The molecule has 0 radical (unpaired) electrons. The molecule has 1 rings (SSSR count). The molecular weight excluding hydrogens is 148 g/mol. The predicted octanol–water partition coefficient (Wildman–Crippen LogP) is 1.91. The lowest BCUT2D eigenvalue weighted by molar-refractivity contribution is 0.818. The van der Waals surface area contributed by atoms with E-state index in [0.717, 1.165) is 16.8 Å². The molecule has 12 heavy (non-hydrogen) atoms. The van der Waals surface area contributed by atoms with Crippen molar-refractivity contribution in [1.82, 2.24) is 0 Å². The summed E-state index contributed by atoms with van der Waals surface area (Å²) >= 11 is 0. The maximum absolute atomic E-state index is 5.87. The van der Waals surface area contributed by atoms with Crippen LogP contribution in [0.5, 0.6) is 0 Å². The molecule has 2 heteroatoms. The Kier molecular flexibility index (Phi) is 2.38. The number of hydrogen-bond acceptors (Lipinski definition) is 2. The van der Waals surface area contributed by atoms with Gasteiger partial charge in [-0.3, -0.25) is 0 Å². The number of aryl methyl sites for hydroxylation is 2. The highest BCUT2D eigenvalue weighted by Crippen LogP contribution is 2.23. The van der Waals surface area contributed by atoms with Gasteiger partial charge in [0, 0.05) is 11.7 Å². The Morgan fingerprint density at radius 3 is 2.33 bits per heavy atom. The molecule has 0 saturated heterocycles. The van der Waals surface area contributed by atoms with Crippen molar-refractivity contribution in [3.8, 4) is 0 Å². The van der Waals surface area contributed by atoms with Crippen LogP contribution < -0.4 is 11.5 Å². The van der Waals surface area contributed by atoms with E-state index in [0.29, 0.717) is 0 Å². The number of nitrogen functional groups attached to an aromatic ring is 1. The van der Waals surface area contributed by atoms with Crippen LogP contribution in [-0.4, -0.2) is 0 Å². The molecule has 1 aromatic rings. The summed E-state index contributed by atoms with van der Waals surface area (Å²) < 4.78 is 0. The first-order valence-electron chi connectivity index (χ1n) is 4.14. The second-order valence-corrected chi connectivity index (χ2v) is 3.37. The average Bonchev–Trinajstić information content (AvgIpc) is 1.96. The lowest BCUT2D eigenvalue weighted by Gasteiger charge is -2.12. The van der Waals surface area contributed by atoms with Crippen molar-refractivity contribution < 1.29 is 0 Å². The molecule has 0 spiro atoms. The SMILES string of the molecule is Cc1cc(C)c(N)c(C(C)N)c1. The molecule has 2 nitrogen and oxygen atoms in total. The van der Waals surface area contributed by atoms with E-state index in [1.807, 2.05) is 19.9 Å². The van der Waals surface area contributed by atoms with Crippen molar-refractivity contribution in [2.24, 2.45) is 5.73 Å². The van der Waals surface area contributed by atoms with Gasteiger partial charge in [0.25, 0.3) is 0 Å². The molecule has 0 aliphatic carbocycles. The van der Waals surface area contributed by atoms with Crippen molar-refractivity contribution in [3.05, 3.63) is 28.8 Å². The fourth-order valence-corrected chi connectivity index (χ4v) is 1.39. The molecule has 4 N–H and O–H groups in total. The fourth-order valence-electron chi connectivity index (χ4n) is 1.39. The minimum absolute atomic E-state index is 0.0172. The molecule has 0 aliphatic heterocycles. The first kappa shape index (κ1) is 9.07. The van der Waals surface area contributed by atoms with Crippen molar-refractivity contribution in [2.45, 2.75) is 26.8 Å². The standard InChI is InChI=1S/C10H16N2/c1-6-4-7(2)10(12)9(5-6)8(3)11/h4-5,8H,11-12H2,1-3H3. The molecular formula is C10H16N2. The fraction of sp³-hybridized carbons (Fsp3) is 0.400. The largest absolute Gasteiger partial charge is 0.398 e. The summed E-state index contributed by atoms with van der Waals surface area (Å²) in [6.07, 6.45) is 0. The van der Waals surface area contributed by atoms with Gasteiger partial charge in [-0.25, -0.2) is 0 Å². The number of benzene rings is 1. The van der Waals surface area contributed by atoms with Gasteiger partial charge in [0.2, 0.25) is 0 Å². The average molecular weight is 164 g/mol. The molecule has 0 aliphatic rings. The Morgan fingerprint density at radius 1 is 1.25 bits per heavy atom. The zero-order chi connectivity index (χ0) is 9.30. The number of nitrogens with two attached hydrogens (primary N) is 2. The molecule has 0 bridgehead atoms. The van der Waals surface area contributed by atoms with E-state index in [4.69, 9.17) is 11.5 Å². The quantitative estimate of drug-likeness (QED) is 0.623. The summed E-state index contributed by atoms with van der Waals surface area (Å²) in [5.74, 6) is 0. The summed E-state index contributed by atoms with van der Waals surface area (Å²) in [6, 6.07) is 4.14. The van der Waals surface area contributed by atoms with Gasteiger partial charge >= 0.3 is 0 Å². The highest BCUT2D eigenvalue weighted by Gasteiger charge is 2.06. The third kappa shape index (κ3) is 1.59. The summed E-state index contributed by atoms with van der Waals surface area (Å²) in [5, 5.41) is 0. The summed E-state index contributed by atoms with van der Waals surface area (Å²) in [7, 11) is 0. The Labute approximate surface area is 73.6 Å². The summed E-state index contributed by atoms with van der Waals surface area (Å²) in [6.45, 7) is 6.01. The van der Waals surface area contributed by atoms with Crippen molar-refractivity contribution in [3.63, 3.8) is 0 Å². The topological polar surface area (TPSA) is 52.0 Å². The van der Waals surface area contributed by atoms with Crippen LogP contribution in [-0.2, 0) is 0 Å². The van der Waals surface area contributed by atoms with Gasteiger partial charge in [0.1, 0.15) is 0 Å². The van der Waals surface area contributed by atoms with Gasteiger partial charge in [-0.1, -0.05) is 17.7 Å². The first-order valence-corrected chi connectivity index (χ1v) is 4.14. The van der Waals surface area contributed by atoms with Crippen LogP contribution in [0.4, 0.5) is 5.69 Å². The van der Waals surface area contributed by atoms with Gasteiger partial charge in [-0.2, -0.15) is 0 Å². The zero-order valence-corrected chi connectivity index (χ0v) is 7.89. The Morgan fingerprint density at radius 2 is 1.83 bits per heavy atom. The lowest BCUT2D eigenvalue weighted by Crippen LogP contribution is -2.09. The molecule has 0 saturated carbocycles. The number of hydrogen-bond donors (Lipinski definition) is 2. The number of rotatable bonds is 1. The van der Waals surface area contributed by atoms with E-state index in [-0.39, 0.29) is 6.04 Å². The smallest absolute Gasteiger partial charge is 0.0392 e. The third-order valence-corrected chi connectivity index (χ3v) is 2.05. The van der Waals surface area contributed by atoms with Crippen LogP contribution >= 0.6 is 0 Å². The van der Waals surface area contributed by atoms with Gasteiger partial charge in [0.15, 0.2) is 0 Å². The third-order valence-electron chi connectivity index (χ3n) is 2.05. The monoisotopic (exact) mass is 164 g/mol. The lowest BCUT2D eigenvalue weighted by atomic mass is 10.0. The minimum atomic E-state index is 0.0172. The summed E-state index contributed by atoms with van der Waals surface area (Å²) in [5.41, 5.74) is 15.9. The Bertz CT molecular complexity index is 290. The minimum Gasteiger partial charge on any atom is -0.398 e. The van der Waals surface area contributed by atoms with Gasteiger partial charge in [-0.15, -0.1) is 0 Å². The van der Waals surface area contributed by atoms with E-state index in [2.05, 4.69) is 13.0 Å². The predicted molar refractivity (Wildman–Crippen MR) is 52.9 cm³/mol. The van der Waals surface area contributed by atoms with Crippen molar-refractivity contribution >= 4 is 5.69 Å². The Hall–Kier alpha value is -1.02. The molecule has 0 amide bonds. The van der Waals surface area contributed by atoms with Crippen LogP contribution in [0.25, 0.3) is 0 Å². The van der Waals surface area contributed by atoms with E-state index < -0.39 is 0 Å². The van der Waals surface area contributed by atoms with Crippen LogP contribution in [0.3, 0.4) is 0 Å². The van der Waals surface area contributed by atoms with Crippen LogP contribution in [0.1, 0.15) is 29.7 Å². The van der Waals surface area contributed by atoms with Crippen LogP contribution in [0, 0.1) is 13.8 Å². The molecule has 0 fully saturated rings. The maximum Gasteiger partial charge on any atom is 0.0392 e. The molecule has 66 valence electrons. The normalized spacial score (nSPS) is 13.0. The maximum atomic E-state index is 5.87. The molecule has 0 aromatic heterocycles. The van der Waals surface area contributed by atoms with Crippen molar-refractivity contribution in [2.75, 3.05) is 5.73 Å². The molecule has 1 unspecified atom stereocenters. The van der Waals surface area contributed by atoms with Crippen LogP contribution in [0.15, 0.2) is 12.1 Å². The number of anilines is 1. The summed E-state index contributed by atoms with van der Waals surface area (Å²) in [4.78, 5) is 0. The van der Waals surface area contributed by atoms with Gasteiger partial charge in [-0.05, 0) is 31.9 Å². The van der Waals surface area contributed by atoms with E-state index in [1.54, 1.807) is 0 Å². The molecule has 0 heterocycles. The molecule has 1 atom stereocenters. The highest BCUT2D eigenvalue weighted by molar-refractivity contribution is 5.56. The van der Waals surface area contributed by atoms with E-state index in [1.165, 1.54) is 5.56 Å². The van der Waals surface area contributed by atoms with E-state index in [9.17, 15) is 0 Å².